The average molecular weight is 440 g/mol. The van der Waals surface area contributed by atoms with E-state index >= 15 is 0 Å². The lowest BCUT2D eigenvalue weighted by Crippen LogP contribution is -2.46. The van der Waals surface area contributed by atoms with Crippen molar-refractivity contribution in [3.8, 4) is 5.75 Å². The Bertz CT molecular complexity index is 883. The van der Waals surface area contributed by atoms with Crippen molar-refractivity contribution in [2.75, 3.05) is 33.3 Å². The number of nitrogens with one attached hydrogen (secondary N) is 1. The number of amides is 3. The van der Waals surface area contributed by atoms with Gasteiger partial charge < -0.3 is 19.9 Å². The molecular weight excluding hydrogens is 406 g/mol. The van der Waals surface area contributed by atoms with Gasteiger partial charge >= 0.3 is 0 Å². The molecular formula is C25H33N3O4. The highest BCUT2D eigenvalue weighted by atomic mass is 16.5. The molecule has 2 saturated carbocycles. The van der Waals surface area contributed by atoms with Crippen LogP contribution in [0.3, 0.4) is 0 Å². The molecule has 1 atom stereocenters. The highest BCUT2D eigenvalue weighted by Gasteiger charge is 2.53. The van der Waals surface area contributed by atoms with E-state index in [2.05, 4.69) is 5.32 Å². The number of methoxy groups -OCH3 is 1. The van der Waals surface area contributed by atoms with E-state index in [9.17, 15) is 14.4 Å². The molecule has 32 heavy (non-hydrogen) atoms. The van der Waals surface area contributed by atoms with Gasteiger partial charge in [0, 0.05) is 38.6 Å². The summed E-state index contributed by atoms with van der Waals surface area (Å²) in [7, 11) is 1.65. The molecule has 1 aromatic carbocycles. The molecule has 0 bridgehead atoms. The van der Waals surface area contributed by atoms with Gasteiger partial charge in [0.05, 0.1) is 18.4 Å². The van der Waals surface area contributed by atoms with Gasteiger partial charge in [-0.1, -0.05) is 12.1 Å². The Morgan fingerprint density at radius 1 is 1.09 bits per heavy atom. The van der Waals surface area contributed by atoms with Crippen molar-refractivity contribution in [3.63, 3.8) is 0 Å². The molecule has 1 aromatic rings. The maximum Gasteiger partial charge on any atom is 0.233 e. The fourth-order valence-electron chi connectivity index (χ4n) is 5.26. The Balaban J connectivity index is 1.12. The molecule has 2 heterocycles. The zero-order chi connectivity index (χ0) is 22.3. The number of hydrogen-bond donors (Lipinski definition) is 1. The van der Waals surface area contributed by atoms with Crippen LogP contribution in [0.25, 0.3) is 0 Å². The van der Waals surface area contributed by atoms with Gasteiger partial charge in [0.1, 0.15) is 5.75 Å². The fraction of sp³-hybridized carbons (Fsp3) is 0.640. The highest BCUT2D eigenvalue weighted by Crippen LogP contribution is 2.50. The Labute approximate surface area is 189 Å². The summed E-state index contributed by atoms with van der Waals surface area (Å²) in [6.45, 7) is 2.73. The molecule has 5 rings (SSSR count). The molecule has 1 unspecified atom stereocenters. The molecule has 2 saturated heterocycles. The van der Waals surface area contributed by atoms with Gasteiger partial charge in [-0.25, -0.2) is 0 Å². The molecule has 0 spiro atoms. The number of nitrogens with zero attached hydrogens (tertiary/aromatic N) is 2. The minimum absolute atomic E-state index is 0.0389. The van der Waals surface area contributed by atoms with Gasteiger partial charge in [-0.05, 0) is 62.1 Å². The quantitative estimate of drug-likeness (QED) is 0.706. The van der Waals surface area contributed by atoms with Crippen molar-refractivity contribution in [1.29, 1.82) is 0 Å². The molecule has 7 nitrogen and oxygen atoms in total. The first-order valence-corrected chi connectivity index (χ1v) is 12.0. The molecule has 2 aliphatic carbocycles. The first-order chi connectivity index (χ1) is 15.5. The van der Waals surface area contributed by atoms with Crippen LogP contribution in [0, 0.1) is 11.8 Å². The van der Waals surface area contributed by atoms with Crippen molar-refractivity contribution in [2.45, 2.75) is 56.4 Å². The second-order valence-electron chi connectivity index (χ2n) is 10.0. The van der Waals surface area contributed by atoms with E-state index in [1.54, 1.807) is 7.11 Å². The standard InChI is InChI=1S/C25H33N3O4/c1-32-21-6-2-19(3-7-21)25(10-11-25)24(31)27-12-8-17(9-13-27)15-28-16-18(14-22(28)29)23(30)26-20-4-5-20/h2-3,6-7,17-18,20H,4-5,8-16H2,1H3,(H,26,30). The Hall–Kier alpha value is -2.57. The van der Waals surface area contributed by atoms with Crippen molar-refractivity contribution < 1.29 is 19.1 Å². The lowest BCUT2D eigenvalue weighted by atomic mass is 9.91. The van der Waals surface area contributed by atoms with Crippen LogP contribution in [0.15, 0.2) is 24.3 Å². The largest absolute Gasteiger partial charge is 0.497 e. The van der Waals surface area contributed by atoms with Gasteiger partial charge in [0.2, 0.25) is 17.7 Å². The third kappa shape index (κ3) is 4.21. The minimum Gasteiger partial charge on any atom is -0.497 e. The minimum atomic E-state index is -0.355. The van der Waals surface area contributed by atoms with Crippen LogP contribution < -0.4 is 10.1 Å². The molecule has 3 amide bonds. The molecule has 7 heteroatoms. The fourth-order valence-corrected chi connectivity index (χ4v) is 5.26. The number of piperidine rings is 1. The van der Waals surface area contributed by atoms with Crippen LogP contribution >= 0.6 is 0 Å². The third-order valence-electron chi connectivity index (χ3n) is 7.69. The van der Waals surface area contributed by atoms with E-state index in [-0.39, 0.29) is 29.1 Å². The number of carbonyl (C=O) groups is 3. The Kier molecular flexibility index (Phi) is 5.59. The van der Waals surface area contributed by atoms with Crippen LogP contribution in [-0.2, 0) is 19.8 Å². The van der Waals surface area contributed by atoms with E-state index in [1.807, 2.05) is 34.1 Å². The molecule has 172 valence electrons. The summed E-state index contributed by atoms with van der Waals surface area (Å²) >= 11 is 0. The zero-order valence-electron chi connectivity index (χ0n) is 18.8. The zero-order valence-corrected chi connectivity index (χ0v) is 18.8. The van der Waals surface area contributed by atoms with Gasteiger partial charge in [0.25, 0.3) is 0 Å². The summed E-state index contributed by atoms with van der Waals surface area (Å²) in [5, 5.41) is 3.03. The summed E-state index contributed by atoms with van der Waals surface area (Å²) in [4.78, 5) is 42.0. The predicted octanol–water partition coefficient (Wildman–Crippen LogP) is 2.09. The smallest absolute Gasteiger partial charge is 0.233 e. The lowest BCUT2D eigenvalue weighted by molar-refractivity contribution is -0.136. The maximum atomic E-state index is 13.3. The van der Waals surface area contributed by atoms with Crippen molar-refractivity contribution >= 4 is 17.7 Å². The molecule has 0 radical (unpaired) electrons. The average Bonchev–Trinajstić information content (AvgIpc) is 3.74. The van der Waals surface area contributed by atoms with E-state index in [0.29, 0.717) is 31.5 Å². The third-order valence-corrected chi connectivity index (χ3v) is 7.69. The van der Waals surface area contributed by atoms with E-state index < -0.39 is 0 Å². The number of hydrogen-bond acceptors (Lipinski definition) is 4. The number of ether oxygens (including phenoxy) is 1. The second kappa shape index (κ2) is 8.41. The van der Waals surface area contributed by atoms with E-state index in [0.717, 1.165) is 62.9 Å². The van der Waals surface area contributed by atoms with E-state index in [4.69, 9.17) is 4.74 Å². The molecule has 0 aromatic heterocycles. The normalized spacial score (nSPS) is 25.0. The van der Waals surface area contributed by atoms with E-state index in [1.165, 1.54) is 0 Å². The van der Waals surface area contributed by atoms with Crippen LogP contribution in [0.1, 0.15) is 50.5 Å². The topological polar surface area (TPSA) is 79.0 Å². The van der Waals surface area contributed by atoms with Crippen molar-refractivity contribution in [2.24, 2.45) is 11.8 Å². The SMILES string of the molecule is COc1ccc(C2(C(=O)N3CCC(CN4CC(C(=O)NC5CC5)CC4=O)CC3)CC2)cc1. The lowest BCUT2D eigenvalue weighted by Gasteiger charge is -2.36. The summed E-state index contributed by atoms with van der Waals surface area (Å²) in [6.07, 6.45) is 6.09. The van der Waals surface area contributed by atoms with Gasteiger partial charge in [-0.3, -0.25) is 14.4 Å². The molecule has 4 aliphatic rings. The summed E-state index contributed by atoms with van der Waals surface area (Å²) in [5.41, 5.74) is 0.732. The van der Waals surface area contributed by atoms with Crippen LogP contribution in [0.4, 0.5) is 0 Å². The van der Waals surface area contributed by atoms with Crippen LogP contribution in [0.5, 0.6) is 5.75 Å². The van der Waals surface area contributed by atoms with Gasteiger partial charge in [-0.15, -0.1) is 0 Å². The molecule has 1 N–H and O–H groups in total. The second-order valence-corrected chi connectivity index (χ2v) is 10.0. The number of benzene rings is 1. The van der Waals surface area contributed by atoms with Crippen molar-refractivity contribution in [3.05, 3.63) is 29.8 Å². The van der Waals surface area contributed by atoms with Crippen molar-refractivity contribution in [1.82, 2.24) is 15.1 Å². The monoisotopic (exact) mass is 439 g/mol. The number of likely N-dealkylation sites (tertiary alicyclic amines) is 2. The van der Waals surface area contributed by atoms with Crippen LogP contribution in [0.2, 0.25) is 0 Å². The van der Waals surface area contributed by atoms with Gasteiger partial charge in [-0.2, -0.15) is 0 Å². The molecule has 2 aliphatic heterocycles. The van der Waals surface area contributed by atoms with Gasteiger partial charge in [0.15, 0.2) is 0 Å². The first kappa shape index (κ1) is 21.3. The first-order valence-electron chi connectivity index (χ1n) is 12.0. The highest BCUT2D eigenvalue weighted by molar-refractivity contribution is 5.91. The number of carbonyl (C=O) groups excluding carboxylic acids is 3. The Morgan fingerprint density at radius 3 is 2.38 bits per heavy atom. The predicted molar refractivity (Wildman–Crippen MR) is 119 cm³/mol. The van der Waals surface area contributed by atoms with Crippen LogP contribution in [-0.4, -0.2) is 66.9 Å². The number of rotatable bonds is 7. The summed E-state index contributed by atoms with van der Waals surface area (Å²) in [5.74, 6) is 1.37. The summed E-state index contributed by atoms with van der Waals surface area (Å²) < 4.78 is 5.25. The molecule has 4 fully saturated rings. The Morgan fingerprint density at radius 2 is 1.78 bits per heavy atom. The maximum absolute atomic E-state index is 13.3. The summed E-state index contributed by atoms with van der Waals surface area (Å²) in [6, 6.07) is 8.23.